The zero-order chi connectivity index (χ0) is 15.2. The molecule has 0 aliphatic rings. The molecule has 0 aliphatic carbocycles. The van der Waals surface area contributed by atoms with Crippen molar-refractivity contribution in [3.05, 3.63) is 46.5 Å². The Hall–Kier alpha value is -1.68. The quantitative estimate of drug-likeness (QED) is 0.789. The van der Waals surface area contributed by atoms with E-state index in [9.17, 15) is 4.79 Å². The number of Topliss-reactive ketones (excluding diaryl/α,β-unsaturated/α-hetero) is 1. The maximum absolute atomic E-state index is 12.2. The van der Waals surface area contributed by atoms with Crippen LogP contribution < -0.4 is 0 Å². The number of nitrogens with zero attached hydrogens (tertiary/aromatic N) is 3. The van der Waals surface area contributed by atoms with Crippen LogP contribution >= 0.6 is 11.6 Å². The van der Waals surface area contributed by atoms with Crippen molar-refractivity contribution in [1.29, 1.82) is 0 Å². The highest BCUT2D eigenvalue weighted by Gasteiger charge is 2.17. The highest BCUT2D eigenvalue weighted by Crippen LogP contribution is 2.22. The Kier molecular flexibility index (Phi) is 5.51. The predicted molar refractivity (Wildman–Crippen MR) is 83.6 cm³/mol. The summed E-state index contributed by atoms with van der Waals surface area (Å²) in [5.41, 5.74) is 2.64. The molecule has 2 aromatic heterocycles. The molecule has 0 amide bonds. The van der Waals surface area contributed by atoms with Gasteiger partial charge in [-0.1, -0.05) is 24.6 Å². The van der Waals surface area contributed by atoms with Crippen molar-refractivity contribution in [2.24, 2.45) is 0 Å². The fourth-order valence-corrected chi connectivity index (χ4v) is 2.61. The smallest absolute Gasteiger partial charge is 0.139 e. The number of carbonyl (C=O) groups excluding carboxylic acids is 1. The van der Waals surface area contributed by atoms with Crippen LogP contribution in [0.4, 0.5) is 0 Å². The van der Waals surface area contributed by atoms with Crippen molar-refractivity contribution in [1.82, 2.24) is 14.8 Å². The summed E-state index contributed by atoms with van der Waals surface area (Å²) in [4.78, 5) is 16.4. The van der Waals surface area contributed by atoms with Gasteiger partial charge in [0.1, 0.15) is 5.78 Å². The van der Waals surface area contributed by atoms with E-state index in [1.807, 2.05) is 36.7 Å². The van der Waals surface area contributed by atoms with Crippen molar-refractivity contribution < 1.29 is 4.79 Å². The van der Waals surface area contributed by atoms with E-state index >= 15 is 0 Å². The molecule has 2 aromatic rings. The Labute approximate surface area is 130 Å². The van der Waals surface area contributed by atoms with Crippen LogP contribution in [0.15, 0.2) is 24.4 Å². The number of carbonyl (C=O) groups is 1. The second-order valence-electron chi connectivity index (χ2n) is 4.91. The number of ketones is 1. The summed E-state index contributed by atoms with van der Waals surface area (Å²) < 4.78 is 1.83. The van der Waals surface area contributed by atoms with Crippen molar-refractivity contribution in [2.75, 3.05) is 0 Å². The Balaban J connectivity index is 2.01. The van der Waals surface area contributed by atoms with Gasteiger partial charge >= 0.3 is 0 Å². The molecule has 2 rings (SSSR count). The van der Waals surface area contributed by atoms with Gasteiger partial charge in [0.25, 0.3) is 0 Å². The first kappa shape index (κ1) is 15.7. The van der Waals surface area contributed by atoms with Crippen LogP contribution in [0.3, 0.4) is 0 Å². The highest BCUT2D eigenvalue weighted by atomic mass is 35.5. The van der Waals surface area contributed by atoms with Crippen molar-refractivity contribution in [3.63, 3.8) is 0 Å². The second-order valence-corrected chi connectivity index (χ2v) is 5.29. The average molecular weight is 306 g/mol. The third-order valence-corrected chi connectivity index (χ3v) is 3.88. The average Bonchev–Trinajstić information content (AvgIpc) is 2.82. The molecule has 21 heavy (non-hydrogen) atoms. The minimum atomic E-state index is 0.166. The lowest BCUT2D eigenvalue weighted by Gasteiger charge is -2.05. The molecule has 4 nitrogen and oxygen atoms in total. The minimum Gasteiger partial charge on any atom is -0.299 e. The number of halogens is 1. The molecule has 112 valence electrons. The molecule has 0 spiro atoms. The van der Waals surface area contributed by atoms with E-state index in [0.29, 0.717) is 24.3 Å². The van der Waals surface area contributed by atoms with Gasteiger partial charge in [0, 0.05) is 31.3 Å². The lowest BCUT2D eigenvalue weighted by atomic mass is 10.1. The van der Waals surface area contributed by atoms with Crippen molar-refractivity contribution in [2.45, 2.75) is 46.1 Å². The lowest BCUT2D eigenvalue weighted by molar-refractivity contribution is -0.118. The molecule has 0 bridgehead atoms. The zero-order valence-electron chi connectivity index (χ0n) is 12.5. The summed E-state index contributed by atoms with van der Waals surface area (Å²) in [6, 6.07) is 5.74. The van der Waals surface area contributed by atoms with Gasteiger partial charge in [0.2, 0.25) is 0 Å². The number of aromatic nitrogens is 3. The molecule has 0 aromatic carbocycles. The van der Waals surface area contributed by atoms with Crippen LogP contribution in [0.2, 0.25) is 5.02 Å². The van der Waals surface area contributed by atoms with E-state index in [-0.39, 0.29) is 5.78 Å². The maximum Gasteiger partial charge on any atom is 0.139 e. The van der Waals surface area contributed by atoms with Gasteiger partial charge < -0.3 is 0 Å². The van der Waals surface area contributed by atoms with Crippen molar-refractivity contribution >= 4 is 17.4 Å². The summed E-state index contributed by atoms with van der Waals surface area (Å²) in [6.45, 7) is 4.74. The van der Waals surface area contributed by atoms with Gasteiger partial charge in [-0.05, 0) is 31.9 Å². The molecule has 0 saturated carbocycles. The first-order valence-electron chi connectivity index (χ1n) is 7.31. The molecule has 0 aliphatic heterocycles. The maximum atomic E-state index is 12.2. The summed E-state index contributed by atoms with van der Waals surface area (Å²) >= 11 is 6.32. The van der Waals surface area contributed by atoms with E-state index in [0.717, 1.165) is 30.0 Å². The topological polar surface area (TPSA) is 47.8 Å². The Morgan fingerprint density at radius 2 is 2.14 bits per heavy atom. The highest BCUT2D eigenvalue weighted by molar-refractivity contribution is 6.32. The van der Waals surface area contributed by atoms with Gasteiger partial charge in [-0.2, -0.15) is 5.10 Å². The predicted octanol–water partition coefficient (Wildman–Crippen LogP) is 3.26. The summed E-state index contributed by atoms with van der Waals surface area (Å²) in [7, 11) is 0. The molecular weight excluding hydrogens is 286 g/mol. The van der Waals surface area contributed by atoms with E-state index in [1.165, 1.54) is 0 Å². The van der Waals surface area contributed by atoms with Gasteiger partial charge in [-0.15, -0.1) is 0 Å². The largest absolute Gasteiger partial charge is 0.299 e. The number of hydrogen-bond acceptors (Lipinski definition) is 3. The van der Waals surface area contributed by atoms with Crippen LogP contribution in [0, 0.1) is 0 Å². The summed E-state index contributed by atoms with van der Waals surface area (Å²) in [5.74, 6) is 0.166. The molecule has 0 fully saturated rings. The third kappa shape index (κ3) is 3.91. The SMILES string of the molecule is CCc1nn(CC)c(CC(=O)CCc2ccccn2)c1Cl. The van der Waals surface area contributed by atoms with E-state index < -0.39 is 0 Å². The van der Waals surface area contributed by atoms with Crippen molar-refractivity contribution in [3.8, 4) is 0 Å². The first-order valence-corrected chi connectivity index (χ1v) is 7.69. The monoisotopic (exact) mass is 305 g/mol. The normalized spacial score (nSPS) is 10.8. The summed E-state index contributed by atoms with van der Waals surface area (Å²) in [6.07, 6.45) is 4.01. The number of rotatable bonds is 7. The Bertz CT molecular complexity index is 607. The number of pyridine rings is 1. The van der Waals surface area contributed by atoms with E-state index in [1.54, 1.807) is 6.20 Å². The van der Waals surface area contributed by atoms with Gasteiger partial charge in [-0.25, -0.2) is 0 Å². The molecule has 0 saturated heterocycles. The minimum absolute atomic E-state index is 0.166. The second kappa shape index (κ2) is 7.36. The third-order valence-electron chi connectivity index (χ3n) is 3.44. The fourth-order valence-electron chi connectivity index (χ4n) is 2.27. The molecule has 0 N–H and O–H groups in total. The molecule has 2 heterocycles. The Morgan fingerprint density at radius 1 is 1.33 bits per heavy atom. The lowest BCUT2D eigenvalue weighted by Crippen LogP contribution is -2.10. The van der Waals surface area contributed by atoms with Gasteiger partial charge in [0.15, 0.2) is 0 Å². The fraction of sp³-hybridized carbons (Fsp3) is 0.438. The standard InChI is InChI=1S/C16H20ClN3O/c1-3-14-16(17)15(20(4-2)19-14)11-13(21)9-8-12-7-5-6-10-18-12/h5-7,10H,3-4,8-9,11H2,1-2H3. The van der Waals surface area contributed by atoms with Crippen LogP contribution in [-0.4, -0.2) is 20.5 Å². The van der Waals surface area contributed by atoms with Gasteiger partial charge in [0.05, 0.1) is 16.4 Å². The van der Waals surface area contributed by atoms with E-state index in [2.05, 4.69) is 10.1 Å². The number of hydrogen-bond donors (Lipinski definition) is 0. The first-order chi connectivity index (χ1) is 10.2. The van der Waals surface area contributed by atoms with Gasteiger partial charge in [-0.3, -0.25) is 14.5 Å². The van der Waals surface area contributed by atoms with Crippen LogP contribution in [0.5, 0.6) is 0 Å². The molecular formula is C16H20ClN3O. The number of aryl methyl sites for hydroxylation is 3. The molecule has 0 radical (unpaired) electrons. The summed E-state index contributed by atoms with van der Waals surface area (Å²) in [5, 5.41) is 5.08. The molecule has 0 atom stereocenters. The van der Waals surface area contributed by atoms with Crippen LogP contribution in [0.25, 0.3) is 0 Å². The van der Waals surface area contributed by atoms with E-state index in [4.69, 9.17) is 11.6 Å². The van der Waals surface area contributed by atoms with Crippen LogP contribution in [-0.2, 0) is 30.6 Å². The molecule has 5 heteroatoms. The zero-order valence-corrected chi connectivity index (χ0v) is 13.2. The Morgan fingerprint density at radius 3 is 2.76 bits per heavy atom. The van der Waals surface area contributed by atoms with Crippen LogP contribution in [0.1, 0.15) is 37.4 Å². The molecule has 0 unspecified atom stereocenters.